The van der Waals surface area contributed by atoms with E-state index in [0.717, 1.165) is 30.2 Å². The van der Waals surface area contributed by atoms with Crippen LogP contribution in [0.15, 0.2) is 5.38 Å². The van der Waals surface area contributed by atoms with Gasteiger partial charge in [0.25, 0.3) is 0 Å². The van der Waals surface area contributed by atoms with Crippen LogP contribution in [0.3, 0.4) is 0 Å². The minimum atomic E-state index is 0.0666. The molecule has 0 bridgehead atoms. The molecule has 0 radical (unpaired) electrons. The van der Waals surface area contributed by atoms with Crippen molar-refractivity contribution in [3.63, 3.8) is 0 Å². The Morgan fingerprint density at radius 3 is 3.11 bits per heavy atom. The van der Waals surface area contributed by atoms with Gasteiger partial charge in [0, 0.05) is 18.0 Å². The highest BCUT2D eigenvalue weighted by atomic mass is 35.5. The molecule has 4 nitrogen and oxygen atoms in total. The van der Waals surface area contributed by atoms with Crippen LogP contribution in [-0.4, -0.2) is 42.0 Å². The van der Waals surface area contributed by atoms with E-state index in [9.17, 15) is 4.79 Å². The molecule has 6 heteroatoms. The highest BCUT2D eigenvalue weighted by molar-refractivity contribution is 7.09. The standard InChI is InChI=1S/C13H20ClN3OS/c1-9-7-17(2)4-3-11(9)16-12(18)5-13-15-10(6-14)8-19-13/h8-9,11H,3-7H2,1-2H3,(H,16,18). The van der Waals surface area contributed by atoms with Gasteiger partial charge in [-0.15, -0.1) is 22.9 Å². The molecule has 1 aliphatic heterocycles. The maximum atomic E-state index is 12.0. The summed E-state index contributed by atoms with van der Waals surface area (Å²) in [5.41, 5.74) is 0.849. The van der Waals surface area contributed by atoms with Gasteiger partial charge in [-0.3, -0.25) is 4.79 Å². The number of halogens is 1. The normalized spacial score (nSPS) is 24.4. The van der Waals surface area contributed by atoms with E-state index in [-0.39, 0.29) is 11.9 Å². The van der Waals surface area contributed by atoms with Crippen LogP contribution >= 0.6 is 22.9 Å². The molecule has 1 aliphatic rings. The number of nitrogens with one attached hydrogen (secondary N) is 1. The third-order valence-electron chi connectivity index (χ3n) is 3.50. The lowest BCUT2D eigenvalue weighted by atomic mass is 9.94. The van der Waals surface area contributed by atoms with Gasteiger partial charge in [0.05, 0.1) is 18.0 Å². The number of hydrogen-bond acceptors (Lipinski definition) is 4. The summed E-state index contributed by atoms with van der Waals surface area (Å²) in [4.78, 5) is 18.6. The van der Waals surface area contributed by atoms with Crippen LogP contribution in [0, 0.1) is 5.92 Å². The van der Waals surface area contributed by atoms with Gasteiger partial charge in [-0.1, -0.05) is 6.92 Å². The zero-order valence-corrected chi connectivity index (χ0v) is 12.9. The van der Waals surface area contributed by atoms with E-state index in [1.807, 2.05) is 5.38 Å². The van der Waals surface area contributed by atoms with Crippen LogP contribution in [0.2, 0.25) is 0 Å². The molecule has 0 aliphatic carbocycles. The summed E-state index contributed by atoms with van der Waals surface area (Å²) in [6, 6.07) is 0.288. The molecule has 106 valence electrons. The first-order valence-electron chi connectivity index (χ1n) is 6.55. The Hall–Kier alpha value is -0.650. The van der Waals surface area contributed by atoms with Gasteiger partial charge in [-0.05, 0) is 25.9 Å². The molecule has 19 heavy (non-hydrogen) atoms. The van der Waals surface area contributed by atoms with Crippen molar-refractivity contribution < 1.29 is 4.79 Å². The Morgan fingerprint density at radius 2 is 2.47 bits per heavy atom. The lowest BCUT2D eigenvalue weighted by Gasteiger charge is -2.35. The summed E-state index contributed by atoms with van der Waals surface area (Å²) in [7, 11) is 2.12. The molecule has 2 heterocycles. The SMILES string of the molecule is CC1CN(C)CCC1NC(=O)Cc1nc(CCl)cs1. The highest BCUT2D eigenvalue weighted by Crippen LogP contribution is 2.16. The molecular weight excluding hydrogens is 282 g/mol. The van der Waals surface area contributed by atoms with E-state index in [2.05, 4.69) is 29.2 Å². The molecule has 0 aromatic carbocycles. The van der Waals surface area contributed by atoms with Crippen molar-refractivity contribution in [2.24, 2.45) is 5.92 Å². The van der Waals surface area contributed by atoms with Crippen LogP contribution in [0.4, 0.5) is 0 Å². The van der Waals surface area contributed by atoms with Gasteiger partial charge in [0.1, 0.15) is 5.01 Å². The van der Waals surface area contributed by atoms with E-state index >= 15 is 0 Å². The Balaban J connectivity index is 1.84. The van der Waals surface area contributed by atoms with E-state index < -0.39 is 0 Å². The fourth-order valence-corrected chi connectivity index (χ4v) is 3.48. The van der Waals surface area contributed by atoms with Crippen molar-refractivity contribution in [1.82, 2.24) is 15.2 Å². The van der Waals surface area contributed by atoms with Crippen molar-refractivity contribution in [2.45, 2.75) is 31.7 Å². The molecule has 0 saturated carbocycles. The smallest absolute Gasteiger partial charge is 0.227 e. The average Bonchev–Trinajstić information content (AvgIpc) is 2.80. The summed E-state index contributed by atoms with van der Waals surface area (Å²) in [6.07, 6.45) is 1.38. The molecule has 1 fully saturated rings. The number of hydrogen-bond donors (Lipinski definition) is 1. The van der Waals surface area contributed by atoms with Gasteiger partial charge < -0.3 is 10.2 Å². The van der Waals surface area contributed by atoms with Gasteiger partial charge >= 0.3 is 0 Å². The number of amides is 1. The third kappa shape index (κ3) is 4.16. The summed E-state index contributed by atoms with van der Waals surface area (Å²) in [5, 5.41) is 5.88. The first-order chi connectivity index (χ1) is 9.08. The molecular formula is C13H20ClN3OS. The number of carbonyl (C=O) groups is 1. The number of aromatic nitrogens is 1. The Kier molecular flexibility index (Phi) is 5.19. The van der Waals surface area contributed by atoms with Crippen molar-refractivity contribution in [3.8, 4) is 0 Å². The van der Waals surface area contributed by atoms with E-state index in [4.69, 9.17) is 11.6 Å². The molecule has 2 rings (SSSR count). The zero-order valence-electron chi connectivity index (χ0n) is 11.4. The van der Waals surface area contributed by atoms with Gasteiger partial charge in [0.15, 0.2) is 0 Å². The van der Waals surface area contributed by atoms with Crippen molar-refractivity contribution in [3.05, 3.63) is 16.1 Å². The number of likely N-dealkylation sites (tertiary alicyclic amines) is 1. The van der Waals surface area contributed by atoms with Crippen molar-refractivity contribution >= 4 is 28.8 Å². The molecule has 1 aromatic heterocycles. The number of carbonyl (C=O) groups excluding carboxylic acids is 1. The lowest BCUT2D eigenvalue weighted by Crippen LogP contribution is -2.49. The topological polar surface area (TPSA) is 45.2 Å². The van der Waals surface area contributed by atoms with Crippen molar-refractivity contribution in [2.75, 3.05) is 20.1 Å². The Labute approximate surface area is 123 Å². The van der Waals surface area contributed by atoms with E-state index in [0.29, 0.717) is 18.2 Å². The number of alkyl halides is 1. The second kappa shape index (κ2) is 6.68. The summed E-state index contributed by atoms with van der Waals surface area (Å²) in [6.45, 7) is 4.27. The summed E-state index contributed by atoms with van der Waals surface area (Å²) < 4.78 is 0. The first kappa shape index (κ1) is 14.8. The maximum absolute atomic E-state index is 12.0. The van der Waals surface area contributed by atoms with Gasteiger partial charge in [0.2, 0.25) is 5.91 Å². The summed E-state index contributed by atoms with van der Waals surface area (Å²) >= 11 is 7.21. The quantitative estimate of drug-likeness (QED) is 0.864. The lowest BCUT2D eigenvalue weighted by molar-refractivity contribution is -0.121. The Bertz CT molecular complexity index is 437. The monoisotopic (exact) mass is 301 g/mol. The molecule has 1 aromatic rings. The van der Waals surface area contributed by atoms with Crippen LogP contribution in [0.1, 0.15) is 24.0 Å². The Morgan fingerprint density at radius 1 is 1.68 bits per heavy atom. The molecule has 2 unspecified atom stereocenters. The number of piperidine rings is 1. The minimum absolute atomic E-state index is 0.0666. The molecule has 2 atom stereocenters. The predicted octanol–water partition coefficient (Wildman–Crippen LogP) is 1.88. The zero-order chi connectivity index (χ0) is 13.8. The molecule has 1 N–H and O–H groups in total. The van der Waals surface area contributed by atoms with Crippen LogP contribution < -0.4 is 5.32 Å². The minimum Gasteiger partial charge on any atom is -0.353 e. The molecule has 1 saturated heterocycles. The van der Waals surface area contributed by atoms with Crippen LogP contribution in [-0.2, 0) is 17.1 Å². The summed E-state index contributed by atoms with van der Waals surface area (Å²) in [5.74, 6) is 0.971. The third-order valence-corrected chi connectivity index (χ3v) is 4.67. The maximum Gasteiger partial charge on any atom is 0.227 e. The average molecular weight is 302 g/mol. The van der Waals surface area contributed by atoms with E-state index in [1.54, 1.807) is 0 Å². The fourth-order valence-electron chi connectivity index (χ4n) is 2.46. The second-order valence-corrected chi connectivity index (χ2v) is 6.46. The molecule has 1 amide bonds. The number of nitrogens with zero attached hydrogens (tertiary/aromatic N) is 2. The first-order valence-corrected chi connectivity index (χ1v) is 7.97. The van der Waals surface area contributed by atoms with Crippen LogP contribution in [0.25, 0.3) is 0 Å². The van der Waals surface area contributed by atoms with Gasteiger partial charge in [-0.2, -0.15) is 0 Å². The van der Waals surface area contributed by atoms with Crippen LogP contribution in [0.5, 0.6) is 0 Å². The largest absolute Gasteiger partial charge is 0.353 e. The number of rotatable bonds is 4. The van der Waals surface area contributed by atoms with Crippen molar-refractivity contribution in [1.29, 1.82) is 0 Å². The van der Waals surface area contributed by atoms with E-state index in [1.165, 1.54) is 11.3 Å². The number of thiazole rings is 1. The fraction of sp³-hybridized carbons (Fsp3) is 0.692. The second-order valence-electron chi connectivity index (χ2n) is 5.25. The highest BCUT2D eigenvalue weighted by Gasteiger charge is 2.25. The van der Waals surface area contributed by atoms with Gasteiger partial charge in [-0.25, -0.2) is 4.98 Å². The molecule has 0 spiro atoms. The predicted molar refractivity (Wildman–Crippen MR) is 78.6 cm³/mol.